The highest BCUT2D eigenvalue weighted by atomic mass is 31.3. The fraction of sp³-hybridized carbons (Fsp3) is 0.633. The van der Waals surface area contributed by atoms with Gasteiger partial charge < -0.3 is 102 Å². The number of carbonyl (C=O) groups excluding carboxylic acids is 6. The van der Waals surface area contributed by atoms with E-state index < -0.39 is 180 Å². The molecule has 2 saturated heterocycles. The molecule has 1 aromatic carbocycles. The molecule has 7 rings (SSSR count). The molecule has 48 nitrogen and oxygen atoms in total. The number of nitrogens with zero attached hydrogens (tertiary/aromatic N) is 8. The maximum Gasteiger partial charge on any atom is 0.481 e. The van der Waals surface area contributed by atoms with E-state index in [1.165, 1.54) is 27.7 Å². The number of fused-ring (bicyclic) bond motifs is 2. The zero-order valence-corrected chi connectivity index (χ0v) is 67.8. The average molecular weight is 1740 g/mol. The summed E-state index contributed by atoms with van der Waals surface area (Å²) in [4.78, 5) is 181. The highest BCUT2D eigenvalue weighted by molar-refractivity contribution is 7.61. The Balaban J connectivity index is 0.727. The first-order chi connectivity index (χ1) is 52.6. The second-order valence-electron chi connectivity index (χ2n) is 29.1. The number of ether oxygens (including phenoxy) is 2. The molecule has 20 N–H and O–H groups in total. The molecule has 14 unspecified atom stereocenters. The van der Waals surface area contributed by atoms with E-state index in [0.717, 1.165) is 45.6 Å². The Morgan fingerprint density at radius 2 is 0.816 bits per heavy atom. The quantitative estimate of drug-likeness (QED) is 0.0234. The van der Waals surface area contributed by atoms with Gasteiger partial charge in [-0.1, -0.05) is 79.7 Å². The molecule has 54 heteroatoms. The van der Waals surface area contributed by atoms with E-state index in [2.05, 4.69) is 68.8 Å². The molecule has 638 valence electrons. The van der Waals surface area contributed by atoms with Crippen molar-refractivity contribution in [1.29, 1.82) is 0 Å². The van der Waals surface area contributed by atoms with Crippen LogP contribution in [0.4, 0.5) is 11.6 Å². The number of anilines is 2. The highest BCUT2D eigenvalue weighted by Crippen LogP contribution is 2.63. The molecule has 0 radical (unpaired) electrons. The van der Waals surface area contributed by atoms with E-state index >= 15 is 0 Å². The number of nitrogen functional groups attached to an aromatic ring is 2. The number of nitrogens with one attached hydrogen (secondary N) is 4. The van der Waals surface area contributed by atoms with Crippen LogP contribution in [0, 0.1) is 21.7 Å². The Hall–Kier alpha value is -6.36. The Kier molecular flexibility index (Phi) is 32.1. The number of aliphatic hydroxyl groups excluding tert-OH is 4. The fourth-order valence-corrected chi connectivity index (χ4v) is 16.9. The standard InChI is InChI=1S/C60H94N14O34P6/c1-57(2,37(75)15-21-63-39(77)17-23-65-53(83)47(81)59(5,6)27-101-113(95,96)107-111(91,92)99-25-35-45(105-109(85,86)87)43(79)55(103-35)73-31-71-41-49(61)67-29-69-51(41)73)19-13-33-9-11-34(12-10-33)14-20-58(3,4)38(76)16-22-64-40(78)18-24-66-54(84)48(82)60(7,8)28-102-114(97,98)108-112(93,94)100-26-36-46(106-110(88,89)90)44(80)56(104-36)74-32-72-42-50(62)68-30-70-52(42)74/h9-12,29-32,35-36,43-48,55-56,79-82H,13-28H2,1-8H3,(H,63,77)(H,64,78)(H,65,83)(H,66,84)(H,91,92)(H,93,94)(H,95,96)(H,97,98)(H2,61,67,69)(H2,62,68,70)(H2,85,86,87)(H2,88,89,90). The number of aryl methyl sites for hydroxylation is 2. The van der Waals surface area contributed by atoms with Crippen molar-refractivity contribution in [1.82, 2.24) is 60.3 Å². The van der Waals surface area contributed by atoms with Gasteiger partial charge in [-0.05, 0) is 36.8 Å². The van der Waals surface area contributed by atoms with E-state index in [4.69, 9.17) is 39.0 Å². The topological polar surface area (TPSA) is 727 Å². The summed E-state index contributed by atoms with van der Waals surface area (Å²) in [5.41, 5.74) is 8.55. The summed E-state index contributed by atoms with van der Waals surface area (Å²) < 4.78 is 126. The second kappa shape index (κ2) is 38.6. The van der Waals surface area contributed by atoms with Gasteiger partial charge in [0.1, 0.15) is 84.1 Å². The lowest BCUT2D eigenvalue weighted by molar-refractivity contribution is -0.137. The molecule has 4 aromatic heterocycles. The van der Waals surface area contributed by atoms with Gasteiger partial charge in [0.2, 0.25) is 23.6 Å². The number of carbonyl (C=O) groups is 6. The van der Waals surface area contributed by atoms with Crippen LogP contribution in [-0.2, 0) is 114 Å². The third kappa shape index (κ3) is 27.4. The Morgan fingerprint density at radius 3 is 1.15 bits per heavy atom. The Bertz CT molecular complexity index is 4270. The number of phosphoric ester groups is 6. The number of aliphatic hydroxyl groups is 4. The molecule has 2 aliphatic heterocycles. The van der Waals surface area contributed by atoms with Crippen molar-refractivity contribution in [3.8, 4) is 0 Å². The number of nitrogens with two attached hydrogens (primary N) is 2. The molecule has 114 heavy (non-hydrogen) atoms. The highest BCUT2D eigenvalue weighted by Gasteiger charge is 2.53. The minimum atomic E-state index is -5.66. The van der Waals surface area contributed by atoms with Crippen LogP contribution >= 0.6 is 46.9 Å². The minimum absolute atomic E-state index is 0.00194. The maximum absolute atomic E-state index is 13.3. The molecule has 0 spiro atoms. The monoisotopic (exact) mass is 1740 g/mol. The first-order valence-electron chi connectivity index (χ1n) is 34.5. The average Bonchev–Trinajstić information content (AvgIpc) is 1.62. The summed E-state index contributed by atoms with van der Waals surface area (Å²) in [6.07, 6.45) is -12.8. The molecule has 2 aliphatic rings. The predicted octanol–water partition coefficient (Wildman–Crippen LogP) is 0.360. The number of imidazole rings is 2. The van der Waals surface area contributed by atoms with Crippen LogP contribution in [-0.4, -0.2) is 235 Å². The third-order valence-corrected chi connectivity index (χ3v) is 24.3. The number of hydrogen-bond acceptors (Lipinski definition) is 34. The van der Waals surface area contributed by atoms with E-state index in [1.54, 1.807) is 27.7 Å². The van der Waals surface area contributed by atoms with E-state index in [1.807, 2.05) is 24.3 Å². The van der Waals surface area contributed by atoms with Crippen molar-refractivity contribution in [3.63, 3.8) is 0 Å². The van der Waals surface area contributed by atoms with Gasteiger partial charge >= 0.3 is 46.9 Å². The molecule has 6 heterocycles. The van der Waals surface area contributed by atoms with Crippen molar-refractivity contribution in [2.24, 2.45) is 21.7 Å². The molecule has 0 bridgehead atoms. The zero-order valence-electron chi connectivity index (χ0n) is 62.5. The number of ketones is 2. The number of hydrogen-bond donors (Lipinski definition) is 18. The molecule has 4 amide bonds. The van der Waals surface area contributed by atoms with E-state index in [-0.39, 0.29) is 97.4 Å². The largest absolute Gasteiger partial charge is 0.481 e. The van der Waals surface area contributed by atoms with Gasteiger partial charge in [-0.15, -0.1) is 0 Å². The predicted molar refractivity (Wildman–Crippen MR) is 389 cm³/mol. The summed E-state index contributed by atoms with van der Waals surface area (Å²) in [6.45, 7) is 7.01. The van der Waals surface area contributed by atoms with Gasteiger partial charge in [0.25, 0.3) is 0 Å². The summed E-state index contributed by atoms with van der Waals surface area (Å²) in [6, 6.07) is 7.66. The molecular weight excluding hydrogens is 1650 g/mol. The Morgan fingerprint density at radius 1 is 0.491 bits per heavy atom. The van der Waals surface area contributed by atoms with Crippen molar-refractivity contribution < 1.29 is 161 Å². The molecular formula is C60H94N14O34P6. The van der Waals surface area contributed by atoms with Crippen LogP contribution in [0.2, 0.25) is 0 Å². The summed E-state index contributed by atoms with van der Waals surface area (Å²) in [7, 11) is -33.3. The van der Waals surface area contributed by atoms with Gasteiger partial charge in [-0.3, -0.25) is 65.0 Å². The fourth-order valence-electron chi connectivity index (χ4n) is 11.3. The summed E-state index contributed by atoms with van der Waals surface area (Å²) >= 11 is 0. The normalized spacial score (nSPS) is 21.9. The molecule has 5 aromatic rings. The summed E-state index contributed by atoms with van der Waals surface area (Å²) in [5.74, 6) is -3.64. The van der Waals surface area contributed by atoms with Gasteiger partial charge in [0.15, 0.2) is 35.4 Å². The van der Waals surface area contributed by atoms with Crippen molar-refractivity contribution >= 4 is 116 Å². The van der Waals surface area contributed by atoms with Crippen LogP contribution in [0.1, 0.15) is 117 Å². The number of benzene rings is 1. The van der Waals surface area contributed by atoms with Gasteiger partial charge in [-0.25, -0.2) is 57.3 Å². The van der Waals surface area contributed by atoms with Crippen LogP contribution in [0.3, 0.4) is 0 Å². The SMILES string of the molecule is CC(C)(CCc1ccc(CCC(C)(C)C(=O)CCNC(=O)CCNC(=O)C(O)C(C)(C)COP(=O)(O)OP(=O)(O)OCC2OC(n3cnc4c(N)ncnc43)C(O)C2OP(=O)(O)O)cc1)C(=O)CCNC(=O)CCNC(=O)C(O)C(C)(C)COP(=O)(O)OP(=O)(O)OCC1OC(n2cnc3c(N)ncnc32)C(O)C1OP(=O)(O)O. The molecule has 14 atom stereocenters. The lowest BCUT2D eigenvalue weighted by Crippen LogP contribution is -2.46. The van der Waals surface area contributed by atoms with Gasteiger partial charge in [0, 0.05) is 73.5 Å². The smallest absolute Gasteiger partial charge is 0.386 e. The maximum atomic E-state index is 13.3. The Labute approximate surface area is 649 Å². The van der Waals surface area contributed by atoms with Crippen molar-refractivity contribution in [3.05, 3.63) is 60.7 Å². The van der Waals surface area contributed by atoms with Crippen molar-refractivity contribution in [2.45, 2.75) is 168 Å². The van der Waals surface area contributed by atoms with Crippen LogP contribution < -0.4 is 32.7 Å². The van der Waals surface area contributed by atoms with Gasteiger partial charge in [-0.2, -0.15) is 8.62 Å². The zero-order chi connectivity index (χ0) is 85.1. The van der Waals surface area contributed by atoms with Crippen LogP contribution in [0.25, 0.3) is 22.3 Å². The lowest BCUT2D eigenvalue weighted by atomic mass is 9.80. The number of amides is 4. The minimum Gasteiger partial charge on any atom is -0.386 e. The second-order valence-corrected chi connectivity index (χ2v) is 37.5. The number of Topliss-reactive ketones (excluding diaryl/α,β-unsaturated/α-hetero) is 2. The van der Waals surface area contributed by atoms with E-state index in [9.17, 15) is 116 Å². The van der Waals surface area contributed by atoms with Gasteiger partial charge in [0.05, 0.1) is 39.1 Å². The molecule has 0 saturated carbocycles. The molecule has 2 fully saturated rings. The van der Waals surface area contributed by atoms with Crippen LogP contribution in [0.5, 0.6) is 0 Å². The number of aromatic nitrogens is 8. The lowest BCUT2D eigenvalue weighted by Gasteiger charge is -2.30. The van der Waals surface area contributed by atoms with E-state index in [0.29, 0.717) is 25.7 Å². The van der Waals surface area contributed by atoms with Crippen molar-refractivity contribution in [2.75, 3.05) is 64.1 Å². The number of phosphoric acid groups is 6. The third-order valence-electron chi connectivity index (χ3n) is 18.1. The molecule has 0 aliphatic carbocycles. The number of rotatable bonds is 46. The van der Waals surface area contributed by atoms with Crippen LogP contribution in [0.15, 0.2) is 49.6 Å². The summed E-state index contributed by atoms with van der Waals surface area (Å²) in [5, 5.41) is 53.5. The first kappa shape index (κ1) is 94.8. The first-order valence-corrected chi connectivity index (χ1v) is 43.6.